The van der Waals surface area contributed by atoms with E-state index in [2.05, 4.69) is 28.8 Å². The third-order valence-corrected chi connectivity index (χ3v) is 5.35. The highest BCUT2D eigenvalue weighted by Crippen LogP contribution is 2.28. The van der Waals surface area contributed by atoms with E-state index >= 15 is 0 Å². The van der Waals surface area contributed by atoms with Crippen molar-refractivity contribution in [3.63, 3.8) is 0 Å². The van der Waals surface area contributed by atoms with Crippen molar-refractivity contribution in [2.24, 2.45) is 12.8 Å². The molecule has 6 nitrogen and oxygen atoms in total. The van der Waals surface area contributed by atoms with E-state index in [-0.39, 0.29) is 28.7 Å². The van der Waals surface area contributed by atoms with E-state index in [0.29, 0.717) is 11.1 Å². The number of fused-ring (bicyclic) bond motifs is 1. The van der Waals surface area contributed by atoms with E-state index in [1.165, 1.54) is 10.6 Å². The molecule has 1 aromatic carbocycles. The largest absolute Gasteiger partial charge is 0.366 e. The Morgan fingerprint density at radius 3 is 2.74 bits per heavy atom. The van der Waals surface area contributed by atoms with Gasteiger partial charge in [0.05, 0.1) is 22.8 Å². The number of carbonyl (C=O) groups is 1. The number of nitrogens with zero attached hydrogens (tertiary/aromatic N) is 3. The summed E-state index contributed by atoms with van der Waals surface area (Å²) >= 11 is 0. The summed E-state index contributed by atoms with van der Waals surface area (Å²) in [7, 11) is 1.58. The number of nitrogens with two attached hydrogens (primary N) is 1. The van der Waals surface area contributed by atoms with Gasteiger partial charge in [-0.3, -0.25) is 9.59 Å². The van der Waals surface area contributed by atoms with Crippen molar-refractivity contribution < 1.29 is 13.6 Å². The van der Waals surface area contributed by atoms with Crippen molar-refractivity contribution in [2.75, 3.05) is 0 Å². The van der Waals surface area contributed by atoms with Crippen molar-refractivity contribution in [3.8, 4) is 23.7 Å². The first-order valence-electron chi connectivity index (χ1n) is 10.2. The lowest BCUT2D eigenvalue weighted by Crippen LogP contribution is -2.23. The molecule has 0 aliphatic carbocycles. The third kappa shape index (κ3) is 4.43. The molecule has 3 heterocycles. The van der Waals surface area contributed by atoms with Crippen LogP contribution in [0.25, 0.3) is 5.52 Å². The standard InChI is InChI=1S/C26H18F2N4O2/c1-31-14-5-8-21(26(31)34)18(22-16-17(27)9-10-23(22)28)6-3-2-4-7-19-20(25(29)33)12-15-32-24(19)11-13-30-32/h5,8-16,18H,6H2,1H3,(H2,29,33). The number of carbonyl (C=O) groups excluding carboxylic acids is 1. The van der Waals surface area contributed by atoms with Gasteiger partial charge >= 0.3 is 0 Å². The minimum atomic E-state index is -0.802. The van der Waals surface area contributed by atoms with Crippen LogP contribution in [-0.4, -0.2) is 20.1 Å². The minimum Gasteiger partial charge on any atom is -0.366 e. The van der Waals surface area contributed by atoms with Crippen LogP contribution in [-0.2, 0) is 7.05 Å². The fourth-order valence-corrected chi connectivity index (χ4v) is 3.68. The van der Waals surface area contributed by atoms with Crippen molar-refractivity contribution >= 4 is 11.4 Å². The number of primary amides is 1. The summed E-state index contributed by atoms with van der Waals surface area (Å²) in [5.74, 6) is 8.34. The first kappa shape index (κ1) is 22.5. The summed E-state index contributed by atoms with van der Waals surface area (Å²) < 4.78 is 31.4. The molecule has 0 spiro atoms. The second-order valence-corrected chi connectivity index (χ2v) is 7.48. The van der Waals surface area contributed by atoms with Crippen LogP contribution in [0, 0.1) is 35.3 Å². The highest BCUT2D eigenvalue weighted by Gasteiger charge is 2.21. The van der Waals surface area contributed by atoms with Crippen LogP contribution in [0.2, 0.25) is 0 Å². The highest BCUT2D eigenvalue weighted by molar-refractivity contribution is 5.97. The van der Waals surface area contributed by atoms with Gasteiger partial charge in [0.15, 0.2) is 0 Å². The maximum Gasteiger partial charge on any atom is 0.254 e. The molecular formula is C26H18F2N4O2. The summed E-state index contributed by atoms with van der Waals surface area (Å²) in [6, 6.07) is 9.56. The Morgan fingerprint density at radius 2 is 1.94 bits per heavy atom. The first-order chi connectivity index (χ1) is 16.4. The number of amides is 1. The van der Waals surface area contributed by atoms with Gasteiger partial charge in [-0.1, -0.05) is 12.0 Å². The van der Waals surface area contributed by atoms with E-state index in [0.717, 1.165) is 18.2 Å². The molecule has 0 aliphatic rings. The van der Waals surface area contributed by atoms with Crippen LogP contribution in [0.4, 0.5) is 8.78 Å². The molecule has 0 radical (unpaired) electrons. The maximum atomic E-state index is 14.6. The van der Waals surface area contributed by atoms with E-state index in [9.17, 15) is 18.4 Å². The number of aromatic nitrogens is 3. The SMILES string of the molecule is Cn1cccc(C(CC#CC#Cc2c(C(N)=O)ccn3nccc23)c2cc(F)ccc2F)c1=O. The Bertz CT molecular complexity index is 1600. The van der Waals surface area contributed by atoms with Crippen molar-refractivity contribution in [1.29, 1.82) is 0 Å². The summed E-state index contributed by atoms with van der Waals surface area (Å²) in [6.07, 6.45) is 4.77. The molecule has 0 aliphatic heterocycles. The van der Waals surface area contributed by atoms with Crippen molar-refractivity contribution in [1.82, 2.24) is 14.2 Å². The minimum absolute atomic E-state index is 0.0217. The van der Waals surface area contributed by atoms with Gasteiger partial charge in [0.2, 0.25) is 5.91 Å². The lowest BCUT2D eigenvalue weighted by atomic mass is 9.89. The zero-order valence-corrected chi connectivity index (χ0v) is 18.0. The number of aryl methyl sites for hydroxylation is 1. The Labute approximate surface area is 193 Å². The number of pyridine rings is 2. The highest BCUT2D eigenvalue weighted by atomic mass is 19.1. The van der Waals surface area contributed by atoms with Crippen LogP contribution in [0.3, 0.4) is 0 Å². The van der Waals surface area contributed by atoms with E-state index in [1.807, 2.05) is 0 Å². The zero-order chi connectivity index (χ0) is 24.2. The molecule has 1 atom stereocenters. The Morgan fingerprint density at radius 1 is 1.12 bits per heavy atom. The van der Waals surface area contributed by atoms with Gasteiger partial charge in [0.1, 0.15) is 11.6 Å². The van der Waals surface area contributed by atoms with Crippen LogP contribution in [0.1, 0.15) is 39.4 Å². The molecule has 3 aromatic heterocycles. The third-order valence-electron chi connectivity index (χ3n) is 5.35. The molecule has 168 valence electrons. The molecule has 0 fully saturated rings. The van der Waals surface area contributed by atoms with Crippen LogP contribution in [0.15, 0.2) is 65.8 Å². The molecule has 0 saturated carbocycles. The summed E-state index contributed by atoms with van der Waals surface area (Å²) in [4.78, 5) is 24.5. The Balaban J connectivity index is 1.72. The predicted octanol–water partition coefficient (Wildman–Crippen LogP) is 2.99. The number of rotatable bonds is 4. The maximum absolute atomic E-state index is 14.6. The van der Waals surface area contributed by atoms with Crippen LogP contribution in [0.5, 0.6) is 0 Å². The molecule has 0 bridgehead atoms. The quantitative estimate of drug-likeness (QED) is 0.480. The fraction of sp³-hybridized carbons (Fsp3) is 0.115. The molecule has 2 N–H and O–H groups in total. The fourth-order valence-electron chi connectivity index (χ4n) is 3.68. The average Bonchev–Trinajstić information content (AvgIpc) is 3.29. The van der Waals surface area contributed by atoms with Crippen LogP contribution < -0.4 is 11.3 Å². The molecule has 4 aromatic rings. The second kappa shape index (κ2) is 9.43. The lowest BCUT2D eigenvalue weighted by Gasteiger charge is -2.16. The van der Waals surface area contributed by atoms with E-state index < -0.39 is 23.5 Å². The van der Waals surface area contributed by atoms with Crippen LogP contribution >= 0.6 is 0 Å². The molecular weight excluding hydrogens is 438 g/mol. The topological polar surface area (TPSA) is 82.4 Å². The molecule has 34 heavy (non-hydrogen) atoms. The van der Waals surface area contributed by atoms with Gasteiger partial charge < -0.3 is 10.3 Å². The average molecular weight is 456 g/mol. The van der Waals surface area contributed by atoms with Gasteiger partial charge in [-0.05, 0) is 59.7 Å². The normalized spacial score (nSPS) is 11.3. The molecule has 8 heteroatoms. The monoisotopic (exact) mass is 456 g/mol. The zero-order valence-electron chi connectivity index (χ0n) is 18.0. The molecule has 1 unspecified atom stereocenters. The van der Waals surface area contributed by atoms with Gasteiger partial charge in [-0.25, -0.2) is 13.3 Å². The van der Waals surface area contributed by atoms with Gasteiger partial charge in [-0.15, -0.1) is 0 Å². The molecule has 0 saturated heterocycles. The Kier molecular flexibility index (Phi) is 6.24. The summed E-state index contributed by atoms with van der Waals surface area (Å²) in [6.45, 7) is 0. The second-order valence-electron chi connectivity index (χ2n) is 7.48. The predicted molar refractivity (Wildman–Crippen MR) is 123 cm³/mol. The van der Waals surface area contributed by atoms with Gasteiger partial charge in [-0.2, -0.15) is 5.10 Å². The van der Waals surface area contributed by atoms with Gasteiger partial charge in [0.25, 0.3) is 5.56 Å². The molecule has 4 rings (SSSR count). The number of benzene rings is 1. The number of hydrogen-bond acceptors (Lipinski definition) is 3. The van der Waals surface area contributed by atoms with E-state index in [1.54, 1.807) is 48.4 Å². The number of halogens is 2. The molecule has 1 amide bonds. The van der Waals surface area contributed by atoms with E-state index in [4.69, 9.17) is 5.73 Å². The van der Waals surface area contributed by atoms with Crippen molar-refractivity contribution in [3.05, 3.63) is 105 Å². The smallest absolute Gasteiger partial charge is 0.254 e. The summed E-state index contributed by atoms with van der Waals surface area (Å²) in [5.41, 5.74) is 6.65. The number of hydrogen-bond donors (Lipinski definition) is 1. The lowest BCUT2D eigenvalue weighted by molar-refractivity contribution is 0.1000. The van der Waals surface area contributed by atoms with Crippen molar-refractivity contribution in [2.45, 2.75) is 12.3 Å². The Hall–Kier alpha value is -4.69. The summed E-state index contributed by atoms with van der Waals surface area (Å²) in [5, 5.41) is 4.11. The first-order valence-corrected chi connectivity index (χ1v) is 10.2. The van der Waals surface area contributed by atoms with Gasteiger partial charge in [0, 0.05) is 37.3 Å².